The second-order valence-corrected chi connectivity index (χ2v) is 3.90. The number of nitrogens with zero attached hydrogens (tertiary/aromatic N) is 1. The van der Waals surface area contributed by atoms with Crippen molar-refractivity contribution in [1.29, 1.82) is 0 Å². The predicted molar refractivity (Wildman–Crippen MR) is 68.8 cm³/mol. The highest BCUT2D eigenvalue weighted by Gasteiger charge is 2.09. The van der Waals surface area contributed by atoms with Gasteiger partial charge < -0.3 is 20.3 Å². The quantitative estimate of drug-likeness (QED) is 0.337. The van der Waals surface area contributed by atoms with Gasteiger partial charge in [0.2, 0.25) is 0 Å². The first-order valence-corrected chi connectivity index (χ1v) is 5.97. The summed E-state index contributed by atoms with van der Waals surface area (Å²) in [6.45, 7) is 1.63. The predicted octanol–water partition coefficient (Wildman–Crippen LogP) is 0.227. The summed E-state index contributed by atoms with van der Waals surface area (Å²) in [6.07, 6.45) is -0.723. The smallest absolute Gasteiger partial charge is 0.269 e. The average molecular weight is 270 g/mol. The molecule has 1 unspecified atom stereocenters. The fraction of sp³-hybridized carbons (Fsp3) is 0.500. The summed E-state index contributed by atoms with van der Waals surface area (Å²) in [5, 5.41) is 31.8. The zero-order valence-electron chi connectivity index (χ0n) is 10.5. The minimum atomic E-state index is -0.723. The molecule has 1 aromatic rings. The van der Waals surface area contributed by atoms with Gasteiger partial charge in [-0.3, -0.25) is 10.1 Å². The third kappa shape index (κ3) is 5.75. The first-order valence-electron chi connectivity index (χ1n) is 5.97. The van der Waals surface area contributed by atoms with Crippen LogP contribution in [0.1, 0.15) is 11.7 Å². The van der Waals surface area contributed by atoms with E-state index in [4.69, 9.17) is 9.84 Å². The Kier molecular flexibility index (Phi) is 6.98. The fourth-order valence-electron chi connectivity index (χ4n) is 1.49. The van der Waals surface area contributed by atoms with E-state index in [1.807, 2.05) is 0 Å². The van der Waals surface area contributed by atoms with Crippen LogP contribution in [0.25, 0.3) is 0 Å². The van der Waals surface area contributed by atoms with Crippen molar-refractivity contribution in [3.05, 3.63) is 39.9 Å². The van der Waals surface area contributed by atoms with Crippen molar-refractivity contribution in [2.75, 3.05) is 32.9 Å². The van der Waals surface area contributed by atoms with Crippen molar-refractivity contribution in [3.8, 4) is 0 Å². The van der Waals surface area contributed by atoms with Gasteiger partial charge in [0.1, 0.15) is 0 Å². The lowest BCUT2D eigenvalue weighted by Gasteiger charge is -2.12. The summed E-state index contributed by atoms with van der Waals surface area (Å²) >= 11 is 0. The van der Waals surface area contributed by atoms with Gasteiger partial charge >= 0.3 is 0 Å². The molecule has 0 saturated heterocycles. The number of aliphatic hydroxyl groups is 2. The van der Waals surface area contributed by atoms with Crippen LogP contribution in [0.3, 0.4) is 0 Å². The second-order valence-electron chi connectivity index (χ2n) is 3.90. The van der Waals surface area contributed by atoms with E-state index in [1.54, 1.807) is 0 Å². The standard InChI is InChI=1S/C12H18N2O5/c15-6-8-19-7-5-13-9-12(16)10-1-3-11(4-2-10)14(17)18/h1-4,12-13,15-16H,5-9H2. The van der Waals surface area contributed by atoms with Crippen LogP contribution in [0.5, 0.6) is 0 Å². The summed E-state index contributed by atoms with van der Waals surface area (Å²) in [7, 11) is 0. The number of non-ortho nitro benzene ring substituents is 1. The number of nitro groups is 1. The largest absolute Gasteiger partial charge is 0.394 e. The summed E-state index contributed by atoms with van der Waals surface area (Å²) in [6, 6.07) is 5.80. The Labute approximate surface area is 111 Å². The number of hydrogen-bond acceptors (Lipinski definition) is 6. The minimum absolute atomic E-state index is 0.00122. The van der Waals surface area contributed by atoms with Gasteiger partial charge in [-0.25, -0.2) is 0 Å². The highest BCUT2D eigenvalue weighted by atomic mass is 16.6. The highest BCUT2D eigenvalue weighted by molar-refractivity contribution is 5.33. The van der Waals surface area contributed by atoms with Gasteiger partial charge in [0, 0.05) is 25.2 Å². The van der Waals surface area contributed by atoms with Crippen molar-refractivity contribution in [2.24, 2.45) is 0 Å². The van der Waals surface area contributed by atoms with Gasteiger partial charge in [-0.2, -0.15) is 0 Å². The normalized spacial score (nSPS) is 12.3. The molecule has 0 bridgehead atoms. The van der Waals surface area contributed by atoms with E-state index in [9.17, 15) is 15.2 Å². The van der Waals surface area contributed by atoms with Crippen molar-refractivity contribution in [3.63, 3.8) is 0 Å². The molecule has 1 aromatic carbocycles. The number of benzene rings is 1. The Bertz CT molecular complexity index is 382. The molecule has 7 heteroatoms. The number of ether oxygens (including phenoxy) is 1. The Morgan fingerprint density at radius 2 is 2.00 bits per heavy atom. The molecule has 1 rings (SSSR count). The molecule has 7 nitrogen and oxygen atoms in total. The van der Waals surface area contributed by atoms with Crippen molar-refractivity contribution >= 4 is 5.69 Å². The van der Waals surface area contributed by atoms with Crippen LogP contribution in [0.4, 0.5) is 5.69 Å². The lowest BCUT2D eigenvalue weighted by atomic mass is 10.1. The number of aliphatic hydroxyl groups excluding tert-OH is 2. The summed E-state index contributed by atoms with van der Waals surface area (Å²) in [5.41, 5.74) is 0.621. The molecule has 0 heterocycles. The lowest BCUT2D eigenvalue weighted by Crippen LogP contribution is -2.25. The Morgan fingerprint density at radius 1 is 1.32 bits per heavy atom. The molecule has 19 heavy (non-hydrogen) atoms. The van der Waals surface area contributed by atoms with Crippen LogP contribution in [-0.4, -0.2) is 48.0 Å². The monoisotopic (exact) mass is 270 g/mol. The number of nitrogens with one attached hydrogen (secondary N) is 1. The van der Waals surface area contributed by atoms with Crippen LogP contribution >= 0.6 is 0 Å². The van der Waals surface area contributed by atoms with Crippen LogP contribution < -0.4 is 5.32 Å². The SMILES string of the molecule is O=[N+]([O-])c1ccc(C(O)CNCCOCCO)cc1. The van der Waals surface area contributed by atoms with Gasteiger partial charge in [-0.15, -0.1) is 0 Å². The fourth-order valence-corrected chi connectivity index (χ4v) is 1.49. The number of rotatable bonds is 9. The minimum Gasteiger partial charge on any atom is -0.394 e. The van der Waals surface area contributed by atoms with E-state index < -0.39 is 11.0 Å². The summed E-state index contributed by atoms with van der Waals surface area (Å²) < 4.78 is 5.04. The Morgan fingerprint density at radius 3 is 2.58 bits per heavy atom. The van der Waals surface area contributed by atoms with Crippen LogP contribution in [0.2, 0.25) is 0 Å². The number of hydrogen-bond donors (Lipinski definition) is 3. The van der Waals surface area contributed by atoms with Crippen LogP contribution in [0.15, 0.2) is 24.3 Å². The highest BCUT2D eigenvalue weighted by Crippen LogP contribution is 2.17. The van der Waals surface area contributed by atoms with Crippen LogP contribution in [0, 0.1) is 10.1 Å². The number of nitro benzene ring substituents is 1. The molecule has 0 saturated carbocycles. The molecule has 0 aliphatic rings. The molecule has 0 radical (unpaired) electrons. The first kappa shape index (κ1) is 15.5. The maximum Gasteiger partial charge on any atom is 0.269 e. The molecular formula is C12H18N2O5. The maximum atomic E-state index is 10.5. The van der Waals surface area contributed by atoms with Crippen LogP contribution in [-0.2, 0) is 4.74 Å². The van der Waals surface area contributed by atoms with Gasteiger partial charge in [0.05, 0.1) is 30.8 Å². The molecule has 0 spiro atoms. The Hall–Kier alpha value is -1.54. The van der Waals surface area contributed by atoms with Crippen molar-refractivity contribution < 1.29 is 19.9 Å². The third-order valence-electron chi connectivity index (χ3n) is 2.49. The molecule has 0 amide bonds. The molecule has 0 aromatic heterocycles. The van der Waals surface area contributed by atoms with E-state index in [2.05, 4.69) is 5.32 Å². The molecule has 0 aliphatic carbocycles. The first-order chi connectivity index (χ1) is 9.15. The van der Waals surface area contributed by atoms with Gasteiger partial charge in [0.25, 0.3) is 5.69 Å². The van der Waals surface area contributed by atoms with E-state index in [-0.39, 0.29) is 12.3 Å². The van der Waals surface area contributed by atoms with E-state index in [0.717, 1.165) is 0 Å². The average Bonchev–Trinajstić information content (AvgIpc) is 2.42. The molecule has 1 atom stereocenters. The lowest BCUT2D eigenvalue weighted by molar-refractivity contribution is -0.384. The third-order valence-corrected chi connectivity index (χ3v) is 2.49. The summed E-state index contributed by atoms with van der Waals surface area (Å²) in [4.78, 5) is 10.00. The van der Waals surface area contributed by atoms with Gasteiger partial charge in [-0.1, -0.05) is 0 Å². The zero-order valence-corrected chi connectivity index (χ0v) is 10.5. The van der Waals surface area contributed by atoms with Crippen molar-refractivity contribution in [2.45, 2.75) is 6.10 Å². The van der Waals surface area contributed by atoms with Crippen molar-refractivity contribution in [1.82, 2.24) is 5.32 Å². The van der Waals surface area contributed by atoms with E-state index in [0.29, 0.717) is 31.9 Å². The van der Waals surface area contributed by atoms with Gasteiger partial charge in [0.15, 0.2) is 0 Å². The van der Waals surface area contributed by atoms with E-state index >= 15 is 0 Å². The zero-order chi connectivity index (χ0) is 14.1. The second kappa shape index (κ2) is 8.54. The topological polar surface area (TPSA) is 105 Å². The molecule has 106 valence electrons. The Balaban J connectivity index is 2.29. The summed E-state index contributed by atoms with van der Waals surface area (Å²) in [5.74, 6) is 0. The molecule has 3 N–H and O–H groups in total. The van der Waals surface area contributed by atoms with E-state index in [1.165, 1.54) is 24.3 Å². The molecule has 0 fully saturated rings. The maximum absolute atomic E-state index is 10.5. The molecular weight excluding hydrogens is 252 g/mol. The molecule has 0 aliphatic heterocycles. The van der Waals surface area contributed by atoms with Gasteiger partial charge in [-0.05, 0) is 17.7 Å².